The van der Waals surface area contributed by atoms with E-state index in [2.05, 4.69) is 0 Å². The summed E-state index contributed by atoms with van der Waals surface area (Å²) in [6.07, 6.45) is 0.891. The first kappa shape index (κ1) is 17.4. The van der Waals surface area contributed by atoms with Crippen LogP contribution >= 0.6 is 12.2 Å². The van der Waals surface area contributed by atoms with Gasteiger partial charge in [0.1, 0.15) is 12.4 Å². The highest BCUT2D eigenvalue weighted by Gasteiger charge is 2.08. The van der Waals surface area contributed by atoms with Crippen LogP contribution < -0.4 is 10.5 Å². The number of benzene rings is 1. The number of hydrogen-bond donors (Lipinski definition) is 1. The number of nitrogens with zero attached hydrogens (tertiary/aromatic N) is 1. The Morgan fingerprint density at radius 3 is 2.57 bits per heavy atom. The van der Waals surface area contributed by atoms with E-state index >= 15 is 0 Å². The van der Waals surface area contributed by atoms with Gasteiger partial charge in [0.15, 0.2) is 0 Å². The maximum absolute atomic E-state index is 11.7. The van der Waals surface area contributed by atoms with Gasteiger partial charge >= 0.3 is 0 Å². The van der Waals surface area contributed by atoms with Crippen molar-refractivity contribution >= 4 is 23.1 Å². The maximum atomic E-state index is 11.7. The second-order valence-corrected chi connectivity index (χ2v) is 5.08. The van der Waals surface area contributed by atoms with E-state index in [4.69, 9.17) is 27.4 Å². The first-order chi connectivity index (χ1) is 10.1. The number of para-hydroxylation sites is 1. The van der Waals surface area contributed by atoms with Gasteiger partial charge in [-0.05, 0) is 12.1 Å². The molecule has 0 heterocycles. The lowest BCUT2D eigenvalue weighted by Gasteiger charge is -2.16. The highest BCUT2D eigenvalue weighted by Crippen LogP contribution is 2.07. The first-order valence-electron chi connectivity index (χ1n) is 6.87. The summed E-state index contributed by atoms with van der Waals surface area (Å²) in [5.74, 6) is 0.838. The molecule has 0 unspecified atom stereocenters. The van der Waals surface area contributed by atoms with Crippen LogP contribution in [0.4, 0.5) is 0 Å². The Kier molecular flexibility index (Phi) is 8.38. The number of nitrogens with two attached hydrogens (primary N) is 1. The van der Waals surface area contributed by atoms with Crippen molar-refractivity contribution in [3.63, 3.8) is 0 Å². The van der Waals surface area contributed by atoms with Crippen LogP contribution in [0.25, 0.3) is 0 Å². The van der Waals surface area contributed by atoms with Gasteiger partial charge in [0.25, 0.3) is 0 Å². The predicted molar refractivity (Wildman–Crippen MR) is 86.4 cm³/mol. The fourth-order valence-corrected chi connectivity index (χ4v) is 1.68. The van der Waals surface area contributed by atoms with Crippen molar-refractivity contribution < 1.29 is 14.3 Å². The van der Waals surface area contributed by atoms with Crippen molar-refractivity contribution in [2.75, 3.05) is 33.4 Å². The zero-order valence-electron chi connectivity index (χ0n) is 12.3. The normalized spacial score (nSPS) is 10.1. The first-order valence-corrected chi connectivity index (χ1v) is 7.28. The molecule has 0 saturated heterocycles. The van der Waals surface area contributed by atoms with Gasteiger partial charge < -0.3 is 20.1 Å². The minimum atomic E-state index is 0.0234. The van der Waals surface area contributed by atoms with Crippen molar-refractivity contribution in [3.05, 3.63) is 30.3 Å². The summed E-state index contributed by atoms with van der Waals surface area (Å²) in [7, 11) is 1.74. The van der Waals surface area contributed by atoms with Crippen LogP contribution in [0.1, 0.15) is 12.8 Å². The molecule has 2 N–H and O–H groups in total. The topological polar surface area (TPSA) is 64.8 Å². The molecule has 0 radical (unpaired) electrons. The van der Waals surface area contributed by atoms with E-state index in [1.54, 1.807) is 11.9 Å². The molecule has 0 spiro atoms. The lowest BCUT2D eigenvalue weighted by Crippen LogP contribution is -2.30. The van der Waals surface area contributed by atoms with Crippen LogP contribution in [0, 0.1) is 0 Å². The van der Waals surface area contributed by atoms with Crippen molar-refractivity contribution in [2.24, 2.45) is 5.73 Å². The lowest BCUT2D eigenvalue weighted by molar-refractivity contribution is -0.131. The fraction of sp³-hybridized carbons (Fsp3) is 0.467. The third kappa shape index (κ3) is 8.27. The molecule has 1 amide bonds. The van der Waals surface area contributed by atoms with Gasteiger partial charge in [-0.1, -0.05) is 30.4 Å². The molecule has 0 aliphatic rings. The predicted octanol–water partition coefficient (Wildman–Crippen LogP) is 1.61. The summed E-state index contributed by atoms with van der Waals surface area (Å²) in [6, 6.07) is 9.54. The van der Waals surface area contributed by atoms with Crippen molar-refractivity contribution in [2.45, 2.75) is 12.8 Å². The van der Waals surface area contributed by atoms with Crippen LogP contribution in [-0.2, 0) is 9.53 Å². The highest BCUT2D eigenvalue weighted by atomic mass is 32.1. The van der Waals surface area contributed by atoms with E-state index in [9.17, 15) is 4.79 Å². The number of hydrogen-bond acceptors (Lipinski definition) is 4. The maximum Gasteiger partial charge on any atom is 0.224 e. The highest BCUT2D eigenvalue weighted by molar-refractivity contribution is 7.80. The van der Waals surface area contributed by atoms with Gasteiger partial charge in [-0.3, -0.25) is 4.79 Å². The summed E-state index contributed by atoms with van der Waals surface area (Å²) in [6.45, 7) is 1.86. The van der Waals surface area contributed by atoms with Gasteiger partial charge in [0.2, 0.25) is 5.91 Å². The largest absolute Gasteiger partial charge is 0.491 e. The number of carbonyl (C=O) groups is 1. The average Bonchev–Trinajstić information content (AvgIpc) is 2.49. The second kappa shape index (κ2) is 10.1. The Bertz CT molecular complexity index is 440. The van der Waals surface area contributed by atoms with Gasteiger partial charge in [0, 0.05) is 20.0 Å². The number of carbonyl (C=O) groups excluding carboxylic acids is 1. The zero-order valence-corrected chi connectivity index (χ0v) is 13.1. The molecule has 0 aliphatic carbocycles. The Hall–Kier alpha value is -1.66. The molecular formula is C15H22N2O3S. The molecular weight excluding hydrogens is 288 g/mol. The Morgan fingerprint density at radius 2 is 1.90 bits per heavy atom. The Morgan fingerprint density at radius 1 is 1.19 bits per heavy atom. The minimum Gasteiger partial charge on any atom is -0.491 e. The third-order valence-electron chi connectivity index (χ3n) is 2.82. The molecule has 0 atom stereocenters. The van der Waals surface area contributed by atoms with Crippen LogP contribution in [0.2, 0.25) is 0 Å². The molecule has 0 saturated carbocycles. The van der Waals surface area contributed by atoms with Crippen LogP contribution in [-0.4, -0.2) is 49.2 Å². The van der Waals surface area contributed by atoms with Crippen molar-refractivity contribution in [3.8, 4) is 5.75 Å². The standard InChI is InChI=1S/C15H22N2O3S/c1-17(9-7-14(16)21)15(18)8-10-19-11-12-20-13-5-3-2-4-6-13/h2-6H,7-12H2,1H3,(H2,16,21). The summed E-state index contributed by atoms with van der Waals surface area (Å²) in [4.78, 5) is 13.8. The minimum absolute atomic E-state index is 0.0234. The number of thiocarbonyl (C=S) groups is 1. The van der Waals surface area contributed by atoms with Gasteiger partial charge in [-0.25, -0.2) is 0 Å². The monoisotopic (exact) mass is 310 g/mol. The molecule has 5 nitrogen and oxygen atoms in total. The van der Waals surface area contributed by atoms with Crippen LogP contribution in [0.5, 0.6) is 5.75 Å². The van der Waals surface area contributed by atoms with E-state index in [0.717, 1.165) is 5.75 Å². The van der Waals surface area contributed by atoms with E-state index in [0.29, 0.717) is 44.2 Å². The van der Waals surface area contributed by atoms with E-state index in [-0.39, 0.29) is 5.91 Å². The average molecular weight is 310 g/mol. The molecule has 1 rings (SSSR count). The molecule has 0 aromatic heterocycles. The molecule has 116 valence electrons. The van der Waals surface area contributed by atoms with Crippen LogP contribution in [0.3, 0.4) is 0 Å². The van der Waals surface area contributed by atoms with Gasteiger partial charge in [-0.2, -0.15) is 0 Å². The Labute approximate surface area is 131 Å². The lowest BCUT2D eigenvalue weighted by atomic mass is 10.3. The number of amides is 1. The van der Waals surface area contributed by atoms with E-state index in [1.165, 1.54) is 0 Å². The molecule has 21 heavy (non-hydrogen) atoms. The molecule has 1 aromatic carbocycles. The van der Waals surface area contributed by atoms with Crippen LogP contribution in [0.15, 0.2) is 30.3 Å². The number of ether oxygens (including phenoxy) is 2. The second-order valence-electron chi connectivity index (χ2n) is 4.56. The van der Waals surface area contributed by atoms with Gasteiger partial charge in [0.05, 0.1) is 24.6 Å². The smallest absolute Gasteiger partial charge is 0.224 e. The number of rotatable bonds is 10. The summed E-state index contributed by atoms with van der Waals surface area (Å²) in [5, 5.41) is 0. The van der Waals surface area contributed by atoms with Crippen molar-refractivity contribution in [1.82, 2.24) is 4.90 Å². The Balaban J connectivity index is 2.03. The fourth-order valence-electron chi connectivity index (χ4n) is 1.59. The van der Waals surface area contributed by atoms with E-state index < -0.39 is 0 Å². The summed E-state index contributed by atoms with van der Waals surface area (Å²) < 4.78 is 10.9. The summed E-state index contributed by atoms with van der Waals surface area (Å²) >= 11 is 4.78. The molecule has 0 bridgehead atoms. The molecule has 6 heteroatoms. The van der Waals surface area contributed by atoms with Gasteiger partial charge in [-0.15, -0.1) is 0 Å². The van der Waals surface area contributed by atoms with E-state index in [1.807, 2.05) is 30.3 Å². The quantitative estimate of drug-likeness (QED) is 0.525. The molecule has 0 aliphatic heterocycles. The molecule has 0 fully saturated rings. The third-order valence-corrected chi connectivity index (χ3v) is 3.02. The molecule has 1 aromatic rings. The summed E-state index contributed by atoms with van der Waals surface area (Å²) in [5.41, 5.74) is 5.40. The van der Waals surface area contributed by atoms with Crippen molar-refractivity contribution in [1.29, 1.82) is 0 Å². The SMILES string of the molecule is CN(CCC(N)=S)C(=O)CCOCCOc1ccccc1. The zero-order chi connectivity index (χ0) is 15.5.